The van der Waals surface area contributed by atoms with Crippen molar-refractivity contribution in [1.29, 1.82) is 0 Å². The molecule has 2 aromatic heterocycles. The Morgan fingerprint density at radius 3 is 2.74 bits per heavy atom. The van der Waals surface area contributed by atoms with E-state index in [9.17, 15) is 0 Å². The molecule has 0 saturated carbocycles. The number of rotatable bonds is 2. The number of aromatic nitrogens is 3. The van der Waals surface area contributed by atoms with Crippen molar-refractivity contribution in [3.8, 4) is 0 Å². The largest absolute Gasteiger partial charge is 0.369 e. The number of anilines is 1. The van der Waals surface area contributed by atoms with Crippen molar-refractivity contribution in [3.63, 3.8) is 0 Å². The van der Waals surface area contributed by atoms with Crippen molar-refractivity contribution < 1.29 is 4.52 Å². The third kappa shape index (κ3) is 1.78. The molecule has 3 rings (SSSR count). The van der Waals surface area contributed by atoms with Gasteiger partial charge in [-0.15, -0.1) is 0 Å². The molecule has 98 valence electrons. The van der Waals surface area contributed by atoms with E-state index in [1.807, 2.05) is 43.5 Å². The number of fused-ring (bicyclic) bond motifs is 1. The van der Waals surface area contributed by atoms with E-state index in [4.69, 9.17) is 10.3 Å². The zero-order chi connectivity index (χ0) is 13.6. The van der Waals surface area contributed by atoms with E-state index in [0.717, 1.165) is 33.6 Å². The summed E-state index contributed by atoms with van der Waals surface area (Å²) in [5.74, 6) is 1.34. The topological polar surface area (TPSA) is 69.9 Å². The Hall–Kier alpha value is -2.30. The highest BCUT2D eigenvalue weighted by atomic mass is 16.5. The standard InChI is InChI=1S/C14H16N4O/c1-8-5-4-6-12-13(8)16-14(15)18(12)7-11-9(2)17-19-10(11)3/h4-6H,7H2,1-3H3,(H2,15,16). The van der Waals surface area contributed by atoms with E-state index in [-0.39, 0.29) is 0 Å². The van der Waals surface area contributed by atoms with Crippen LogP contribution in [0.1, 0.15) is 22.6 Å². The summed E-state index contributed by atoms with van der Waals surface area (Å²) in [5, 5.41) is 3.97. The summed E-state index contributed by atoms with van der Waals surface area (Å²) in [5.41, 5.74) is 11.1. The lowest BCUT2D eigenvalue weighted by molar-refractivity contribution is 0.392. The van der Waals surface area contributed by atoms with Crippen LogP contribution in [-0.2, 0) is 6.54 Å². The summed E-state index contributed by atoms with van der Waals surface area (Å²) >= 11 is 0. The molecule has 5 nitrogen and oxygen atoms in total. The number of benzene rings is 1. The number of para-hydroxylation sites is 1. The van der Waals surface area contributed by atoms with Crippen LogP contribution in [0.15, 0.2) is 22.7 Å². The van der Waals surface area contributed by atoms with Gasteiger partial charge in [-0.1, -0.05) is 17.3 Å². The van der Waals surface area contributed by atoms with Crippen LogP contribution in [0, 0.1) is 20.8 Å². The first kappa shape index (κ1) is 11.8. The normalized spacial score (nSPS) is 11.3. The highest BCUT2D eigenvalue weighted by Gasteiger charge is 2.14. The molecule has 0 aliphatic carbocycles. The molecule has 0 radical (unpaired) electrons. The maximum atomic E-state index is 6.04. The Morgan fingerprint density at radius 1 is 1.26 bits per heavy atom. The maximum absolute atomic E-state index is 6.04. The van der Waals surface area contributed by atoms with E-state index in [1.165, 1.54) is 0 Å². The molecular formula is C14H16N4O. The zero-order valence-corrected chi connectivity index (χ0v) is 11.3. The minimum Gasteiger partial charge on any atom is -0.369 e. The van der Waals surface area contributed by atoms with Gasteiger partial charge >= 0.3 is 0 Å². The fourth-order valence-electron chi connectivity index (χ4n) is 2.36. The van der Waals surface area contributed by atoms with E-state index < -0.39 is 0 Å². The van der Waals surface area contributed by atoms with Gasteiger partial charge in [0.1, 0.15) is 5.76 Å². The monoisotopic (exact) mass is 256 g/mol. The number of hydrogen-bond donors (Lipinski definition) is 1. The molecule has 19 heavy (non-hydrogen) atoms. The average molecular weight is 256 g/mol. The lowest BCUT2D eigenvalue weighted by Gasteiger charge is -2.06. The second-order valence-corrected chi connectivity index (χ2v) is 4.80. The zero-order valence-electron chi connectivity index (χ0n) is 11.3. The van der Waals surface area contributed by atoms with E-state index in [1.54, 1.807) is 0 Å². The quantitative estimate of drug-likeness (QED) is 0.765. The molecule has 1 aromatic carbocycles. The van der Waals surface area contributed by atoms with E-state index in [2.05, 4.69) is 10.1 Å². The van der Waals surface area contributed by atoms with Gasteiger partial charge in [0.05, 0.1) is 23.3 Å². The van der Waals surface area contributed by atoms with Gasteiger partial charge in [0.15, 0.2) is 0 Å². The van der Waals surface area contributed by atoms with Crippen LogP contribution in [0.5, 0.6) is 0 Å². The molecule has 0 spiro atoms. The van der Waals surface area contributed by atoms with E-state index in [0.29, 0.717) is 12.5 Å². The Bertz CT molecular complexity index is 735. The second kappa shape index (κ2) is 4.12. The van der Waals surface area contributed by atoms with Gasteiger partial charge in [-0.05, 0) is 32.4 Å². The van der Waals surface area contributed by atoms with Crippen molar-refractivity contribution in [2.24, 2.45) is 0 Å². The van der Waals surface area contributed by atoms with Crippen LogP contribution < -0.4 is 5.73 Å². The Kier molecular flexibility index (Phi) is 2.55. The molecule has 0 saturated heterocycles. The molecule has 2 heterocycles. The molecule has 0 bridgehead atoms. The smallest absolute Gasteiger partial charge is 0.201 e. The first-order valence-electron chi connectivity index (χ1n) is 6.21. The minimum absolute atomic E-state index is 0.518. The van der Waals surface area contributed by atoms with Crippen LogP contribution in [0.3, 0.4) is 0 Å². The first-order chi connectivity index (χ1) is 9.08. The van der Waals surface area contributed by atoms with Gasteiger partial charge < -0.3 is 14.8 Å². The molecule has 3 aromatic rings. The highest BCUT2D eigenvalue weighted by molar-refractivity contribution is 5.81. The molecular weight excluding hydrogens is 240 g/mol. The third-order valence-electron chi connectivity index (χ3n) is 3.51. The molecule has 0 amide bonds. The van der Waals surface area contributed by atoms with Crippen LogP contribution in [0.4, 0.5) is 5.95 Å². The predicted molar refractivity (Wildman–Crippen MR) is 74.0 cm³/mol. The average Bonchev–Trinajstić information content (AvgIpc) is 2.86. The van der Waals surface area contributed by atoms with Crippen molar-refractivity contribution in [3.05, 3.63) is 40.8 Å². The van der Waals surface area contributed by atoms with Crippen molar-refractivity contribution >= 4 is 17.0 Å². The molecule has 0 atom stereocenters. The van der Waals surface area contributed by atoms with Crippen LogP contribution in [-0.4, -0.2) is 14.7 Å². The van der Waals surface area contributed by atoms with Gasteiger partial charge in [0.2, 0.25) is 5.95 Å². The second-order valence-electron chi connectivity index (χ2n) is 4.80. The summed E-state index contributed by atoms with van der Waals surface area (Å²) in [7, 11) is 0. The Balaban J connectivity index is 2.16. The molecule has 5 heteroatoms. The van der Waals surface area contributed by atoms with Crippen LogP contribution in [0.25, 0.3) is 11.0 Å². The van der Waals surface area contributed by atoms with Crippen LogP contribution >= 0.6 is 0 Å². The Morgan fingerprint density at radius 2 is 2.05 bits per heavy atom. The lowest BCUT2D eigenvalue weighted by Crippen LogP contribution is -2.05. The van der Waals surface area contributed by atoms with Gasteiger partial charge in [0.25, 0.3) is 0 Å². The molecule has 2 N–H and O–H groups in total. The number of aryl methyl sites for hydroxylation is 3. The predicted octanol–water partition coefficient (Wildman–Crippen LogP) is 2.58. The first-order valence-corrected chi connectivity index (χ1v) is 6.21. The summed E-state index contributed by atoms with van der Waals surface area (Å²) < 4.78 is 7.19. The fraction of sp³-hybridized carbons (Fsp3) is 0.286. The highest BCUT2D eigenvalue weighted by Crippen LogP contribution is 2.23. The summed E-state index contributed by atoms with van der Waals surface area (Å²) in [4.78, 5) is 4.44. The molecule has 0 aliphatic heterocycles. The molecule has 0 unspecified atom stereocenters. The van der Waals surface area contributed by atoms with E-state index >= 15 is 0 Å². The number of nitrogens with zero attached hydrogens (tertiary/aromatic N) is 3. The lowest BCUT2D eigenvalue weighted by atomic mass is 10.2. The maximum Gasteiger partial charge on any atom is 0.201 e. The van der Waals surface area contributed by atoms with Gasteiger partial charge in [-0.2, -0.15) is 0 Å². The Labute approximate surface area is 111 Å². The SMILES string of the molecule is Cc1noc(C)c1Cn1c(N)nc2c(C)cccc21. The van der Waals surface area contributed by atoms with Gasteiger partial charge in [-0.25, -0.2) is 4.98 Å². The number of imidazole rings is 1. The molecule has 0 fully saturated rings. The van der Waals surface area contributed by atoms with Crippen molar-refractivity contribution in [2.45, 2.75) is 27.3 Å². The van der Waals surface area contributed by atoms with Crippen molar-refractivity contribution in [1.82, 2.24) is 14.7 Å². The number of nitrogens with two attached hydrogens (primary N) is 1. The summed E-state index contributed by atoms with van der Waals surface area (Å²) in [6.45, 7) is 6.52. The molecule has 0 aliphatic rings. The third-order valence-corrected chi connectivity index (χ3v) is 3.51. The number of nitrogen functional groups attached to an aromatic ring is 1. The van der Waals surface area contributed by atoms with Gasteiger partial charge in [0, 0.05) is 5.56 Å². The van der Waals surface area contributed by atoms with Crippen molar-refractivity contribution in [2.75, 3.05) is 5.73 Å². The van der Waals surface area contributed by atoms with Crippen LogP contribution in [0.2, 0.25) is 0 Å². The summed E-state index contributed by atoms with van der Waals surface area (Å²) in [6, 6.07) is 6.08. The van der Waals surface area contributed by atoms with Gasteiger partial charge in [-0.3, -0.25) is 0 Å². The summed E-state index contributed by atoms with van der Waals surface area (Å²) in [6.07, 6.45) is 0. The number of hydrogen-bond acceptors (Lipinski definition) is 4. The minimum atomic E-state index is 0.518. The fourth-order valence-corrected chi connectivity index (χ4v) is 2.36.